The zero-order chi connectivity index (χ0) is 44.2. The van der Waals surface area contributed by atoms with Gasteiger partial charge in [0.05, 0.1) is 0 Å². The minimum Gasteiger partial charge on any atom is -0.461 e. The smallest absolute Gasteiger partial charge is 0.338 e. The van der Waals surface area contributed by atoms with E-state index in [1.807, 2.05) is 67.5 Å². The molecule has 0 spiro atoms. The number of nitrogen functional groups attached to an aromatic ring is 3. The van der Waals surface area contributed by atoms with Crippen molar-refractivity contribution in [3.63, 3.8) is 0 Å². The quantitative estimate of drug-likeness (QED) is 0.0494. The van der Waals surface area contributed by atoms with Crippen LogP contribution in [-0.4, -0.2) is 56.0 Å². The number of carbonyl (C=O) groups is 4. The summed E-state index contributed by atoms with van der Waals surface area (Å²) in [6.07, 6.45) is 3.57. The molecule has 4 rings (SSSR count). The van der Waals surface area contributed by atoms with Crippen LogP contribution in [0, 0.1) is 0 Å². The second-order valence-electron chi connectivity index (χ2n) is 12.6. The molecule has 58 heavy (non-hydrogen) atoms. The van der Waals surface area contributed by atoms with Crippen molar-refractivity contribution in [3.8, 4) is 11.5 Å². The fraction of sp³-hybridized carbons (Fsp3) is 0.174. The second kappa shape index (κ2) is 28.3. The molecule has 0 aliphatic carbocycles. The first-order valence-corrected chi connectivity index (χ1v) is 17.7. The number of anilines is 4. The average molecular weight is 792 g/mol. The van der Waals surface area contributed by atoms with Crippen LogP contribution in [0.2, 0.25) is 0 Å². The highest BCUT2D eigenvalue weighted by Crippen LogP contribution is 2.17. The number of esters is 3. The van der Waals surface area contributed by atoms with Gasteiger partial charge in [0.1, 0.15) is 18.1 Å². The number of benzene rings is 4. The first kappa shape index (κ1) is 50.8. The summed E-state index contributed by atoms with van der Waals surface area (Å²) in [7, 11) is 3.85. The second-order valence-corrected chi connectivity index (χ2v) is 12.6. The minimum atomic E-state index is -0.465. The van der Waals surface area contributed by atoms with Gasteiger partial charge >= 0.3 is 17.9 Å². The van der Waals surface area contributed by atoms with Gasteiger partial charge in [0.25, 0.3) is 0 Å². The number of hydrogen-bond donors (Lipinski definition) is 4. The molecule has 12 nitrogen and oxygen atoms in total. The van der Waals surface area contributed by atoms with Gasteiger partial charge in [-0.05, 0) is 119 Å². The highest BCUT2D eigenvalue weighted by molar-refractivity contribution is 5.90. The normalized spacial score (nSPS) is 9.29. The lowest BCUT2D eigenvalue weighted by molar-refractivity contribution is -0.139. The number of likely N-dealkylation sites (N-methyl/N-ethyl adjacent to an activating group) is 1. The third-order valence-corrected chi connectivity index (χ3v) is 6.61. The maximum absolute atomic E-state index is 11.2. The molecule has 4 aromatic carbocycles. The summed E-state index contributed by atoms with van der Waals surface area (Å²) >= 11 is 0. The van der Waals surface area contributed by atoms with E-state index >= 15 is 0 Å². The molecule has 0 radical (unpaired) electrons. The fourth-order valence-corrected chi connectivity index (χ4v) is 3.50. The summed E-state index contributed by atoms with van der Waals surface area (Å²) in [5.41, 5.74) is 22.6. The van der Waals surface area contributed by atoms with Crippen LogP contribution < -0.4 is 32.0 Å². The molecule has 0 aliphatic heterocycles. The zero-order valence-electron chi connectivity index (χ0n) is 34.4. The maximum Gasteiger partial charge on any atom is 0.338 e. The van der Waals surface area contributed by atoms with Crippen LogP contribution in [-0.2, 0) is 23.9 Å². The van der Waals surface area contributed by atoms with Crippen LogP contribution in [0.15, 0.2) is 147 Å². The molecule has 0 saturated heterocycles. The first-order valence-electron chi connectivity index (χ1n) is 17.7. The topological polar surface area (TPSA) is 189 Å². The Morgan fingerprint density at radius 3 is 1.40 bits per heavy atom. The van der Waals surface area contributed by atoms with E-state index in [1.165, 1.54) is 6.92 Å². The van der Waals surface area contributed by atoms with Crippen molar-refractivity contribution in [2.75, 3.05) is 49.8 Å². The fourth-order valence-electron chi connectivity index (χ4n) is 3.50. The van der Waals surface area contributed by atoms with E-state index in [1.54, 1.807) is 81.5 Å². The Bertz CT molecular complexity index is 1970. The number of nitrogens with one attached hydrogen (secondary N) is 1. The summed E-state index contributed by atoms with van der Waals surface area (Å²) < 4.78 is 14.8. The molecule has 308 valence electrons. The third kappa shape index (κ3) is 25.0. The molecule has 12 heteroatoms. The van der Waals surface area contributed by atoms with Crippen molar-refractivity contribution < 1.29 is 33.4 Å². The molecular weight excluding hydrogens is 735 g/mol. The van der Waals surface area contributed by atoms with E-state index in [2.05, 4.69) is 38.2 Å². The van der Waals surface area contributed by atoms with Gasteiger partial charge in [0.15, 0.2) is 0 Å². The van der Waals surface area contributed by atoms with Crippen LogP contribution in [0.25, 0.3) is 12.2 Å². The van der Waals surface area contributed by atoms with E-state index in [0.29, 0.717) is 46.2 Å². The van der Waals surface area contributed by atoms with Crippen molar-refractivity contribution in [1.82, 2.24) is 4.90 Å². The lowest BCUT2D eigenvalue weighted by Gasteiger charge is -2.09. The maximum atomic E-state index is 11.2. The van der Waals surface area contributed by atoms with E-state index in [4.69, 9.17) is 31.4 Å². The van der Waals surface area contributed by atoms with Crippen molar-refractivity contribution in [1.29, 1.82) is 0 Å². The number of hydrogen-bond acceptors (Lipinski definition) is 11. The molecule has 0 saturated carbocycles. The molecule has 7 N–H and O–H groups in total. The number of ether oxygens (including phenoxy) is 3. The summed E-state index contributed by atoms with van der Waals surface area (Å²) in [4.78, 5) is 45.7. The summed E-state index contributed by atoms with van der Waals surface area (Å²) in [6.45, 7) is 25.1. The predicted octanol–water partition coefficient (Wildman–Crippen LogP) is 8.37. The van der Waals surface area contributed by atoms with Gasteiger partial charge < -0.3 is 41.6 Å². The number of nitrogens with zero attached hydrogens (tertiary/aromatic N) is 1. The van der Waals surface area contributed by atoms with Crippen molar-refractivity contribution in [2.45, 2.75) is 27.7 Å². The van der Waals surface area contributed by atoms with Crippen LogP contribution in [0.1, 0.15) is 38.8 Å². The Labute approximate surface area is 343 Å². The van der Waals surface area contributed by atoms with Crippen LogP contribution in [0.4, 0.5) is 22.7 Å². The van der Waals surface area contributed by atoms with Crippen LogP contribution in [0.5, 0.6) is 11.5 Å². The van der Waals surface area contributed by atoms with E-state index in [0.717, 1.165) is 29.0 Å². The molecule has 4 aromatic rings. The van der Waals surface area contributed by atoms with Gasteiger partial charge in [-0.25, -0.2) is 14.4 Å². The summed E-state index contributed by atoms with van der Waals surface area (Å²) in [5.74, 6) is -0.458. The summed E-state index contributed by atoms with van der Waals surface area (Å²) in [5, 5.41) is 2.61. The summed E-state index contributed by atoms with van der Waals surface area (Å²) in [6, 6.07) is 28.3. The highest BCUT2D eigenvalue weighted by Gasteiger charge is 2.06. The Hall–Kier alpha value is -7.18. The lowest BCUT2D eigenvalue weighted by Crippen LogP contribution is -2.20. The van der Waals surface area contributed by atoms with Crippen LogP contribution in [0.3, 0.4) is 0 Å². The molecule has 0 atom stereocenters. The molecule has 0 aromatic heterocycles. The van der Waals surface area contributed by atoms with Gasteiger partial charge in [-0.1, -0.05) is 69.3 Å². The zero-order valence-corrected chi connectivity index (χ0v) is 34.4. The van der Waals surface area contributed by atoms with Crippen molar-refractivity contribution in [3.05, 3.63) is 158 Å². The largest absolute Gasteiger partial charge is 0.461 e. The molecule has 0 fully saturated rings. The molecule has 0 aliphatic rings. The van der Waals surface area contributed by atoms with Gasteiger partial charge in [-0.15, -0.1) is 0 Å². The molecule has 0 unspecified atom stereocenters. The number of nitrogens with two attached hydrogens (primary N) is 3. The molecule has 0 heterocycles. The van der Waals surface area contributed by atoms with Gasteiger partial charge in [0.2, 0.25) is 5.91 Å². The van der Waals surface area contributed by atoms with Gasteiger partial charge in [0, 0.05) is 52.9 Å². The number of rotatable bonds is 11. The minimum absolute atomic E-state index is 0.147. The Morgan fingerprint density at radius 2 is 1.03 bits per heavy atom. The van der Waals surface area contributed by atoms with E-state index in [9.17, 15) is 19.2 Å². The van der Waals surface area contributed by atoms with E-state index in [-0.39, 0.29) is 11.9 Å². The standard InChI is InChI=1S/C12H13NO3.C10H11NO2.C8H15NO2.2C8H9N/c1-8(2)12(15)16-11-6-4-10(5-7-11)13-9(3)14;1-7(2)10(12)13-9-5-3-8(11)4-6-9;1-7(2)8(10)11-6-5-9(3)4;1-2-7-3-5-8(9)6-4-7;1-2-7-4-3-5-8(9)6-7/h4-7H,1H2,2-3H3,(H,13,14);3-6H,1,11H2,2H3;1,5-6H2,2-4H3;2*2-6H,1,9H2. The third-order valence-electron chi connectivity index (χ3n) is 6.61. The van der Waals surface area contributed by atoms with Crippen LogP contribution >= 0.6 is 0 Å². The van der Waals surface area contributed by atoms with Gasteiger partial charge in [-0.2, -0.15) is 0 Å². The van der Waals surface area contributed by atoms with E-state index < -0.39 is 11.9 Å². The molecular formula is C46H57N5O7. The predicted molar refractivity (Wildman–Crippen MR) is 239 cm³/mol. The van der Waals surface area contributed by atoms with Crippen molar-refractivity contribution >= 4 is 58.7 Å². The Balaban J connectivity index is 0.000000712. The number of amides is 1. The molecule has 0 bridgehead atoms. The number of carbonyl (C=O) groups excluding carboxylic acids is 4. The average Bonchev–Trinajstić information content (AvgIpc) is 3.17. The monoisotopic (exact) mass is 791 g/mol. The Morgan fingerprint density at radius 1 is 0.603 bits per heavy atom. The Kier molecular flexibility index (Phi) is 24.8. The molecule has 1 amide bonds. The van der Waals surface area contributed by atoms with Gasteiger partial charge in [-0.3, -0.25) is 4.79 Å². The SMILES string of the molecule is C=C(C)C(=O)OCCN(C)C.C=C(C)C(=O)Oc1ccc(N)cc1.C=C(C)C(=O)Oc1ccc(NC(C)=O)cc1.C=Cc1ccc(N)cc1.C=Cc1cccc(N)c1. The van der Waals surface area contributed by atoms with Crippen molar-refractivity contribution in [2.24, 2.45) is 0 Å². The lowest BCUT2D eigenvalue weighted by atomic mass is 10.2. The highest BCUT2D eigenvalue weighted by atomic mass is 16.5. The first-order chi connectivity index (χ1) is 27.3.